The molecule has 2 heterocycles. The predicted molar refractivity (Wildman–Crippen MR) is 67.8 cm³/mol. The molecule has 1 saturated carbocycles. The first-order valence-electron chi connectivity index (χ1n) is 6.47. The van der Waals surface area contributed by atoms with Crippen LogP contribution in [-0.4, -0.2) is 47.6 Å². The SMILES string of the molecule is Nc1ncc(F)c(N2CCN(CC3CC3)CC2)n1. The van der Waals surface area contributed by atoms with Crippen molar-refractivity contribution >= 4 is 11.8 Å². The number of aromatic nitrogens is 2. The third kappa shape index (κ3) is 2.53. The first kappa shape index (κ1) is 11.6. The van der Waals surface area contributed by atoms with Gasteiger partial charge in [0.2, 0.25) is 5.95 Å². The summed E-state index contributed by atoms with van der Waals surface area (Å²) in [6.45, 7) is 4.75. The zero-order chi connectivity index (χ0) is 12.5. The van der Waals surface area contributed by atoms with E-state index in [9.17, 15) is 4.39 Å². The summed E-state index contributed by atoms with van der Waals surface area (Å²) in [4.78, 5) is 12.1. The van der Waals surface area contributed by atoms with Crippen LogP contribution in [0, 0.1) is 11.7 Å². The van der Waals surface area contributed by atoms with Crippen LogP contribution in [0.2, 0.25) is 0 Å². The lowest BCUT2D eigenvalue weighted by molar-refractivity contribution is 0.247. The number of nitrogens with zero attached hydrogens (tertiary/aromatic N) is 4. The van der Waals surface area contributed by atoms with Gasteiger partial charge in [-0.25, -0.2) is 9.37 Å². The van der Waals surface area contributed by atoms with Crippen LogP contribution in [0.1, 0.15) is 12.8 Å². The second kappa shape index (κ2) is 4.68. The fourth-order valence-corrected chi connectivity index (χ4v) is 2.40. The van der Waals surface area contributed by atoms with Crippen molar-refractivity contribution in [3.8, 4) is 0 Å². The Kier molecular flexibility index (Phi) is 3.03. The van der Waals surface area contributed by atoms with Crippen molar-refractivity contribution in [1.82, 2.24) is 14.9 Å². The largest absolute Gasteiger partial charge is 0.368 e. The summed E-state index contributed by atoms with van der Waals surface area (Å²) < 4.78 is 13.6. The summed E-state index contributed by atoms with van der Waals surface area (Å²) in [7, 11) is 0. The molecule has 5 nitrogen and oxygen atoms in total. The van der Waals surface area contributed by atoms with E-state index in [4.69, 9.17) is 5.73 Å². The molecule has 2 aliphatic rings. The Bertz CT molecular complexity index is 426. The molecule has 2 N–H and O–H groups in total. The minimum Gasteiger partial charge on any atom is -0.368 e. The van der Waals surface area contributed by atoms with Crippen LogP contribution in [0.3, 0.4) is 0 Å². The summed E-state index contributed by atoms with van der Waals surface area (Å²) in [6, 6.07) is 0. The van der Waals surface area contributed by atoms with E-state index in [1.807, 2.05) is 4.90 Å². The second-order valence-corrected chi connectivity index (χ2v) is 5.13. The number of anilines is 2. The van der Waals surface area contributed by atoms with Gasteiger partial charge in [0.05, 0.1) is 6.20 Å². The number of halogens is 1. The van der Waals surface area contributed by atoms with E-state index >= 15 is 0 Å². The molecular formula is C12H18FN5. The van der Waals surface area contributed by atoms with Gasteiger partial charge < -0.3 is 10.6 Å². The number of nitrogens with two attached hydrogens (primary N) is 1. The normalized spacial score (nSPS) is 21.3. The molecular weight excluding hydrogens is 233 g/mol. The summed E-state index contributed by atoms with van der Waals surface area (Å²) in [5.74, 6) is 0.989. The Hall–Kier alpha value is -1.43. The van der Waals surface area contributed by atoms with Crippen LogP contribution in [-0.2, 0) is 0 Å². The molecule has 0 radical (unpaired) electrons. The highest BCUT2D eigenvalue weighted by Crippen LogP contribution is 2.30. The van der Waals surface area contributed by atoms with Crippen molar-refractivity contribution in [2.75, 3.05) is 43.4 Å². The number of hydrogen-bond donors (Lipinski definition) is 1. The lowest BCUT2D eigenvalue weighted by Gasteiger charge is -2.35. The average Bonchev–Trinajstić information content (AvgIpc) is 3.17. The van der Waals surface area contributed by atoms with Gasteiger partial charge >= 0.3 is 0 Å². The molecule has 0 unspecified atom stereocenters. The van der Waals surface area contributed by atoms with Crippen molar-refractivity contribution in [2.24, 2.45) is 5.92 Å². The fourth-order valence-electron chi connectivity index (χ4n) is 2.40. The van der Waals surface area contributed by atoms with Crippen LogP contribution in [0.15, 0.2) is 6.20 Å². The highest BCUT2D eigenvalue weighted by atomic mass is 19.1. The van der Waals surface area contributed by atoms with Crippen molar-refractivity contribution in [2.45, 2.75) is 12.8 Å². The van der Waals surface area contributed by atoms with Crippen LogP contribution in [0.4, 0.5) is 16.2 Å². The lowest BCUT2D eigenvalue weighted by atomic mass is 10.2. The Morgan fingerprint density at radius 3 is 2.67 bits per heavy atom. The monoisotopic (exact) mass is 251 g/mol. The number of nitrogen functional groups attached to an aromatic ring is 1. The van der Waals surface area contributed by atoms with Gasteiger partial charge in [-0.15, -0.1) is 0 Å². The molecule has 1 saturated heterocycles. The molecule has 1 aromatic rings. The lowest BCUT2D eigenvalue weighted by Crippen LogP contribution is -2.47. The van der Waals surface area contributed by atoms with E-state index < -0.39 is 0 Å². The van der Waals surface area contributed by atoms with E-state index in [2.05, 4.69) is 14.9 Å². The van der Waals surface area contributed by atoms with Gasteiger partial charge in [-0.2, -0.15) is 4.98 Å². The smallest absolute Gasteiger partial charge is 0.222 e. The van der Waals surface area contributed by atoms with Crippen molar-refractivity contribution in [1.29, 1.82) is 0 Å². The molecule has 0 aromatic carbocycles. The van der Waals surface area contributed by atoms with Gasteiger partial charge in [0.25, 0.3) is 0 Å². The first-order valence-corrected chi connectivity index (χ1v) is 6.47. The van der Waals surface area contributed by atoms with E-state index in [-0.39, 0.29) is 11.8 Å². The zero-order valence-corrected chi connectivity index (χ0v) is 10.3. The van der Waals surface area contributed by atoms with Gasteiger partial charge in [0.15, 0.2) is 11.6 Å². The minimum atomic E-state index is -0.389. The highest BCUT2D eigenvalue weighted by molar-refractivity contribution is 5.42. The van der Waals surface area contributed by atoms with Gasteiger partial charge in [0.1, 0.15) is 0 Å². The van der Waals surface area contributed by atoms with E-state index in [1.165, 1.54) is 19.4 Å². The third-order valence-corrected chi connectivity index (χ3v) is 3.63. The van der Waals surface area contributed by atoms with Gasteiger partial charge in [-0.05, 0) is 18.8 Å². The quantitative estimate of drug-likeness (QED) is 0.858. The first-order chi connectivity index (χ1) is 8.72. The molecule has 0 atom stereocenters. The topological polar surface area (TPSA) is 58.3 Å². The van der Waals surface area contributed by atoms with Gasteiger partial charge in [-0.1, -0.05) is 0 Å². The maximum atomic E-state index is 13.6. The Balaban J connectivity index is 1.62. The zero-order valence-electron chi connectivity index (χ0n) is 10.3. The molecule has 98 valence electrons. The number of rotatable bonds is 3. The summed E-state index contributed by atoms with van der Waals surface area (Å²) in [5.41, 5.74) is 5.51. The fraction of sp³-hybridized carbons (Fsp3) is 0.667. The third-order valence-electron chi connectivity index (χ3n) is 3.63. The second-order valence-electron chi connectivity index (χ2n) is 5.13. The Morgan fingerprint density at radius 1 is 1.28 bits per heavy atom. The summed E-state index contributed by atoms with van der Waals surface area (Å²) in [5, 5.41) is 0. The number of hydrogen-bond acceptors (Lipinski definition) is 5. The van der Waals surface area contributed by atoms with Crippen LogP contribution in [0.25, 0.3) is 0 Å². The highest BCUT2D eigenvalue weighted by Gasteiger charge is 2.27. The molecule has 0 amide bonds. The maximum Gasteiger partial charge on any atom is 0.222 e. The van der Waals surface area contributed by atoms with Crippen LogP contribution >= 0.6 is 0 Å². The number of piperazine rings is 1. The van der Waals surface area contributed by atoms with Crippen molar-refractivity contribution < 1.29 is 4.39 Å². The van der Waals surface area contributed by atoms with Crippen LogP contribution < -0.4 is 10.6 Å². The van der Waals surface area contributed by atoms with E-state index in [0.29, 0.717) is 5.82 Å². The maximum absolute atomic E-state index is 13.6. The van der Waals surface area contributed by atoms with Crippen molar-refractivity contribution in [3.05, 3.63) is 12.0 Å². The molecule has 1 aliphatic carbocycles. The molecule has 0 bridgehead atoms. The van der Waals surface area contributed by atoms with E-state index in [0.717, 1.165) is 38.3 Å². The Labute approximate surface area is 106 Å². The van der Waals surface area contributed by atoms with Gasteiger partial charge in [0, 0.05) is 32.7 Å². The predicted octanol–water partition coefficient (Wildman–Crippen LogP) is 0.730. The molecule has 1 aliphatic heterocycles. The molecule has 3 rings (SSSR count). The summed E-state index contributed by atoms with van der Waals surface area (Å²) >= 11 is 0. The summed E-state index contributed by atoms with van der Waals surface area (Å²) in [6.07, 6.45) is 3.89. The van der Waals surface area contributed by atoms with Crippen molar-refractivity contribution in [3.63, 3.8) is 0 Å². The average molecular weight is 251 g/mol. The van der Waals surface area contributed by atoms with E-state index in [1.54, 1.807) is 0 Å². The standard InChI is InChI=1S/C12H18FN5/c13-10-7-15-12(14)16-11(10)18-5-3-17(4-6-18)8-9-1-2-9/h7,9H,1-6,8H2,(H2,14,15,16). The molecule has 2 fully saturated rings. The molecule has 6 heteroatoms. The Morgan fingerprint density at radius 2 is 2.00 bits per heavy atom. The van der Waals surface area contributed by atoms with Crippen LogP contribution in [0.5, 0.6) is 0 Å². The molecule has 0 spiro atoms. The minimum absolute atomic E-state index is 0.131. The molecule has 18 heavy (non-hydrogen) atoms. The molecule has 1 aromatic heterocycles. The van der Waals surface area contributed by atoms with Gasteiger partial charge in [-0.3, -0.25) is 4.90 Å².